The van der Waals surface area contributed by atoms with E-state index in [0.717, 1.165) is 44.5 Å². The van der Waals surface area contributed by atoms with Crippen LogP contribution in [0.2, 0.25) is 0 Å². The number of anilines is 1. The van der Waals surface area contributed by atoms with Gasteiger partial charge in [0.05, 0.1) is 17.1 Å². The summed E-state index contributed by atoms with van der Waals surface area (Å²) in [5.41, 5.74) is 7.64. The Labute approximate surface area is 184 Å². The predicted octanol–water partition coefficient (Wildman–Crippen LogP) is 4.87. The van der Waals surface area contributed by atoms with Crippen LogP contribution in [-0.4, -0.2) is 25.6 Å². The normalized spacial score (nSPS) is 10.8. The maximum Gasteiger partial charge on any atom is 0.180 e. The summed E-state index contributed by atoms with van der Waals surface area (Å²) in [6, 6.07) is 26.2. The first-order chi connectivity index (χ1) is 15.7. The third-order valence-electron chi connectivity index (χ3n) is 5.34. The molecule has 0 spiro atoms. The van der Waals surface area contributed by atoms with Gasteiger partial charge < -0.3 is 5.32 Å². The van der Waals surface area contributed by atoms with Gasteiger partial charge in [0.2, 0.25) is 0 Å². The number of aromatic nitrogens is 5. The van der Waals surface area contributed by atoms with Gasteiger partial charge in [-0.15, -0.1) is 5.10 Å². The SMILES string of the molecule is Cc1cc(NCc2ccc(-c3ccccc3-c3nnn[nH]3)cc2)c2cc(C#N)ccc2n1. The Morgan fingerprint density at radius 1 is 0.969 bits per heavy atom. The van der Waals surface area contributed by atoms with Crippen LogP contribution in [0.15, 0.2) is 72.8 Å². The molecule has 2 N–H and O–H groups in total. The Morgan fingerprint density at radius 3 is 2.53 bits per heavy atom. The van der Waals surface area contributed by atoms with Crippen molar-refractivity contribution in [3.63, 3.8) is 0 Å². The zero-order valence-corrected chi connectivity index (χ0v) is 17.4. The van der Waals surface area contributed by atoms with Gasteiger partial charge in [-0.05, 0) is 58.3 Å². The van der Waals surface area contributed by atoms with Crippen LogP contribution >= 0.6 is 0 Å². The number of aromatic amines is 1. The molecular weight excluding hydrogens is 398 g/mol. The number of nitrogens with one attached hydrogen (secondary N) is 2. The van der Waals surface area contributed by atoms with Crippen molar-refractivity contribution in [3.8, 4) is 28.6 Å². The van der Waals surface area contributed by atoms with Gasteiger partial charge in [0.1, 0.15) is 0 Å². The van der Waals surface area contributed by atoms with E-state index >= 15 is 0 Å². The fourth-order valence-electron chi connectivity index (χ4n) is 3.79. The van der Waals surface area contributed by atoms with Gasteiger partial charge in [-0.1, -0.05) is 48.5 Å². The molecule has 0 amide bonds. The van der Waals surface area contributed by atoms with E-state index in [2.05, 4.69) is 67.3 Å². The smallest absolute Gasteiger partial charge is 0.180 e. The Balaban J connectivity index is 1.40. The molecule has 0 bridgehead atoms. The van der Waals surface area contributed by atoms with Crippen LogP contribution in [0.5, 0.6) is 0 Å². The van der Waals surface area contributed by atoms with Crippen LogP contribution in [-0.2, 0) is 6.54 Å². The molecule has 7 nitrogen and oxygen atoms in total. The quantitative estimate of drug-likeness (QED) is 0.423. The highest BCUT2D eigenvalue weighted by Crippen LogP contribution is 2.30. The standard InChI is InChI=1S/C25H19N7/c1-16-12-24(22-13-18(14-26)8-11-23(22)28-16)27-15-17-6-9-19(10-7-17)20-4-2-3-5-21(20)25-29-31-32-30-25/h2-13H,15H2,1H3,(H,27,28)(H,29,30,31,32). The molecule has 154 valence electrons. The highest BCUT2D eigenvalue weighted by atomic mass is 15.5. The molecule has 0 aliphatic heterocycles. The molecule has 0 saturated carbocycles. The second-order valence-electron chi connectivity index (χ2n) is 7.50. The molecule has 0 radical (unpaired) electrons. The summed E-state index contributed by atoms with van der Waals surface area (Å²) in [5.74, 6) is 0.642. The maximum atomic E-state index is 9.25. The monoisotopic (exact) mass is 417 g/mol. The van der Waals surface area contributed by atoms with Crippen molar-refractivity contribution < 1.29 is 0 Å². The number of aryl methyl sites for hydroxylation is 1. The second kappa shape index (κ2) is 8.28. The van der Waals surface area contributed by atoms with Crippen molar-refractivity contribution in [2.75, 3.05) is 5.32 Å². The van der Waals surface area contributed by atoms with Gasteiger partial charge in [-0.3, -0.25) is 4.98 Å². The highest BCUT2D eigenvalue weighted by molar-refractivity contribution is 5.92. The molecule has 0 aliphatic rings. The Morgan fingerprint density at radius 2 is 1.78 bits per heavy atom. The lowest BCUT2D eigenvalue weighted by molar-refractivity contribution is 0.881. The number of rotatable bonds is 5. The van der Waals surface area contributed by atoms with Gasteiger partial charge in [0.25, 0.3) is 0 Å². The molecule has 2 aromatic heterocycles. The van der Waals surface area contributed by atoms with Crippen molar-refractivity contribution in [1.29, 1.82) is 5.26 Å². The lowest BCUT2D eigenvalue weighted by Gasteiger charge is -2.12. The topological polar surface area (TPSA) is 103 Å². The summed E-state index contributed by atoms with van der Waals surface area (Å²) in [6.45, 7) is 2.63. The maximum absolute atomic E-state index is 9.25. The van der Waals surface area contributed by atoms with E-state index in [1.165, 1.54) is 0 Å². The molecule has 0 aliphatic carbocycles. The fourth-order valence-corrected chi connectivity index (χ4v) is 3.79. The molecule has 32 heavy (non-hydrogen) atoms. The number of pyridine rings is 1. The Hall–Kier alpha value is -4.57. The average Bonchev–Trinajstić information content (AvgIpc) is 3.37. The van der Waals surface area contributed by atoms with Crippen molar-refractivity contribution in [2.24, 2.45) is 0 Å². The van der Waals surface area contributed by atoms with Crippen LogP contribution in [0.3, 0.4) is 0 Å². The summed E-state index contributed by atoms with van der Waals surface area (Å²) < 4.78 is 0. The Kier molecular flexibility index (Phi) is 5.02. The van der Waals surface area contributed by atoms with Crippen molar-refractivity contribution in [2.45, 2.75) is 13.5 Å². The Bertz CT molecular complexity index is 1430. The lowest BCUT2D eigenvalue weighted by Crippen LogP contribution is -2.01. The third kappa shape index (κ3) is 3.77. The first-order valence-corrected chi connectivity index (χ1v) is 10.2. The third-order valence-corrected chi connectivity index (χ3v) is 5.34. The van der Waals surface area contributed by atoms with Gasteiger partial charge in [-0.25, -0.2) is 5.10 Å². The van der Waals surface area contributed by atoms with Crippen LogP contribution in [0.25, 0.3) is 33.4 Å². The molecule has 0 fully saturated rings. The van der Waals surface area contributed by atoms with E-state index in [1.807, 2.05) is 43.3 Å². The van der Waals surface area contributed by atoms with E-state index in [0.29, 0.717) is 17.9 Å². The van der Waals surface area contributed by atoms with Gasteiger partial charge in [-0.2, -0.15) is 5.26 Å². The minimum atomic E-state index is 0.621. The van der Waals surface area contributed by atoms with E-state index in [-0.39, 0.29) is 0 Å². The summed E-state index contributed by atoms with van der Waals surface area (Å²) in [6.07, 6.45) is 0. The molecule has 5 rings (SSSR count). The summed E-state index contributed by atoms with van der Waals surface area (Å²) in [4.78, 5) is 4.58. The van der Waals surface area contributed by atoms with Crippen LogP contribution in [0.1, 0.15) is 16.8 Å². The molecule has 0 unspecified atom stereocenters. The largest absolute Gasteiger partial charge is 0.380 e. The van der Waals surface area contributed by atoms with E-state index < -0.39 is 0 Å². The summed E-state index contributed by atoms with van der Waals surface area (Å²) >= 11 is 0. The first-order valence-electron chi connectivity index (χ1n) is 10.2. The second-order valence-corrected chi connectivity index (χ2v) is 7.50. The number of hydrogen-bond donors (Lipinski definition) is 2. The average molecular weight is 417 g/mol. The first kappa shape index (κ1) is 19.4. The summed E-state index contributed by atoms with van der Waals surface area (Å²) in [5, 5.41) is 28.0. The number of hydrogen-bond acceptors (Lipinski definition) is 6. The number of tetrazole rings is 1. The van der Waals surface area contributed by atoms with Gasteiger partial charge in [0, 0.05) is 28.9 Å². The van der Waals surface area contributed by atoms with Crippen LogP contribution in [0.4, 0.5) is 5.69 Å². The van der Waals surface area contributed by atoms with Crippen molar-refractivity contribution in [1.82, 2.24) is 25.6 Å². The zero-order chi connectivity index (χ0) is 21.9. The number of nitrogens with zero attached hydrogens (tertiary/aromatic N) is 5. The van der Waals surface area contributed by atoms with Crippen molar-refractivity contribution >= 4 is 16.6 Å². The lowest BCUT2D eigenvalue weighted by atomic mass is 9.98. The number of nitriles is 1. The number of fused-ring (bicyclic) bond motifs is 1. The van der Waals surface area contributed by atoms with Crippen LogP contribution in [0, 0.1) is 18.3 Å². The van der Waals surface area contributed by atoms with Crippen molar-refractivity contribution in [3.05, 3.63) is 89.6 Å². The molecule has 0 atom stereocenters. The molecular formula is C25H19N7. The molecule has 2 heterocycles. The van der Waals surface area contributed by atoms with Gasteiger partial charge >= 0.3 is 0 Å². The predicted molar refractivity (Wildman–Crippen MR) is 124 cm³/mol. The number of H-pyrrole nitrogens is 1. The van der Waals surface area contributed by atoms with E-state index in [1.54, 1.807) is 6.07 Å². The van der Waals surface area contributed by atoms with Crippen LogP contribution < -0.4 is 5.32 Å². The molecule has 3 aromatic carbocycles. The zero-order valence-electron chi connectivity index (χ0n) is 17.4. The molecule has 5 aromatic rings. The highest BCUT2D eigenvalue weighted by Gasteiger charge is 2.10. The minimum Gasteiger partial charge on any atom is -0.380 e. The fraction of sp³-hybridized carbons (Fsp3) is 0.0800. The number of benzene rings is 3. The van der Waals surface area contributed by atoms with E-state index in [9.17, 15) is 5.26 Å². The molecule has 7 heteroatoms. The summed E-state index contributed by atoms with van der Waals surface area (Å²) in [7, 11) is 0. The minimum absolute atomic E-state index is 0.621. The molecule has 0 saturated heterocycles. The van der Waals surface area contributed by atoms with E-state index in [4.69, 9.17) is 0 Å². The van der Waals surface area contributed by atoms with Gasteiger partial charge in [0.15, 0.2) is 5.82 Å².